The number of ether oxygens (including phenoxy) is 1. The van der Waals surface area contributed by atoms with E-state index >= 15 is 0 Å². The van der Waals surface area contributed by atoms with Crippen molar-refractivity contribution in [3.05, 3.63) is 96.1 Å². The average molecular weight is 471 g/mol. The molecule has 0 amide bonds. The van der Waals surface area contributed by atoms with Crippen molar-refractivity contribution in [2.45, 2.75) is 31.8 Å². The van der Waals surface area contributed by atoms with Gasteiger partial charge in [-0.25, -0.2) is 4.98 Å². The van der Waals surface area contributed by atoms with Crippen LogP contribution < -0.4 is 10.1 Å². The molecule has 0 unspecified atom stereocenters. The second-order valence-corrected chi connectivity index (χ2v) is 9.21. The van der Waals surface area contributed by atoms with Crippen molar-refractivity contribution in [2.24, 2.45) is 0 Å². The molecule has 2 heterocycles. The van der Waals surface area contributed by atoms with E-state index in [1.165, 1.54) is 27.7 Å². The Kier molecular flexibility index (Phi) is 6.77. The number of nitrogens with one attached hydrogen (secondary N) is 1. The summed E-state index contributed by atoms with van der Waals surface area (Å²) < 4.78 is 7.55. The van der Waals surface area contributed by atoms with Gasteiger partial charge in [-0.1, -0.05) is 54.6 Å². The minimum absolute atomic E-state index is 0.449. The van der Waals surface area contributed by atoms with Gasteiger partial charge in [0.2, 0.25) is 0 Å². The van der Waals surface area contributed by atoms with Gasteiger partial charge in [-0.3, -0.25) is 0 Å². The zero-order chi connectivity index (χ0) is 23.3. The molecule has 4 aromatic rings. The van der Waals surface area contributed by atoms with Crippen LogP contribution in [-0.2, 0) is 13.1 Å². The molecule has 1 fully saturated rings. The minimum Gasteiger partial charge on any atom is -0.497 e. The zero-order valence-corrected chi connectivity index (χ0v) is 20.3. The molecule has 0 saturated carbocycles. The number of imidazole rings is 1. The van der Waals surface area contributed by atoms with Gasteiger partial charge in [-0.15, -0.1) is 0 Å². The van der Waals surface area contributed by atoms with Crippen LogP contribution in [0, 0.1) is 0 Å². The largest absolute Gasteiger partial charge is 0.497 e. The summed E-state index contributed by atoms with van der Waals surface area (Å²) in [7, 11) is 1.69. The number of nitrogens with zero attached hydrogens (tertiary/aromatic N) is 3. The third-order valence-corrected chi connectivity index (χ3v) is 7.12. The quantitative estimate of drug-likeness (QED) is 0.385. The van der Waals surface area contributed by atoms with E-state index < -0.39 is 0 Å². The van der Waals surface area contributed by atoms with Crippen molar-refractivity contribution in [1.29, 1.82) is 0 Å². The van der Waals surface area contributed by atoms with E-state index in [2.05, 4.69) is 75.6 Å². The van der Waals surface area contributed by atoms with Crippen LogP contribution in [-0.4, -0.2) is 39.8 Å². The monoisotopic (exact) mass is 470 g/mol. The molecule has 1 aromatic heterocycles. The lowest BCUT2D eigenvalue weighted by Gasteiger charge is -2.34. The first-order chi connectivity index (χ1) is 16.7. The zero-order valence-electron chi connectivity index (χ0n) is 19.5. The topological polar surface area (TPSA) is 42.3 Å². The lowest BCUT2D eigenvalue weighted by atomic mass is 9.96. The number of likely N-dealkylation sites (tertiary alicyclic amines) is 1. The van der Waals surface area contributed by atoms with Gasteiger partial charge >= 0.3 is 0 Å². The van der Waals surface area contributed by atoms with Crippen LogP contribution >= 0.6 is 12.2 Å². The fraction of sp³-hybridized carbons (Fsp3) is 0.286. The SMILES string of the molecule is COc1ccc(Cn2ccnc2C2CCN(C(=S)NCc3cccc4ccccc34)CC2)cc1. The van der Waals surface area contributed by atoms with Crippen molar-refractivity contribution in [3.8, 4) is 5.75 Å². The van der Waals surface area contributed by atoms with Gasteiger partial charge in [-0.05, 0) is 59.1 Å². The van der Waals surface area contributed by atoms with Gasteiger partial charge in [0.25, 0.3) is 0 Å². The highest BCUT2D eigenvalue weighted by Crippen LogP contribution is 2.28. The molecule has 5 nitrogen and oxygen atoms in total. The first kappa shape index (κ1) is 22.4. The lowest BCUT2D eigenvalue weighted by Crippen LogP contribution is -2.43. The molecule has 34 heavy (non-hydrogen) atoms. The Balaban J connectivity index is 1.16. The normalized spacial score (nSPS) is 14.3. The van der Waals surface area contributed by atoms with Crippen LogP contribution in [0.5, 0.6) is 5.75 Å². The Morgan fingerprint density at radius 1 is 1.03 bits per heavy atom. The number of benzene rings is 3. The van der Waals surface area contributed by atoms with E-state index in [4.69, 9.17) is 21.9 Å². The van der Waals surface area contributed by atoms with Gasteiger partial charge in [0.05, 0.1) is 7.11 Å². The number of methoxy groups -OCH3 is 1. The first-order valence-electron chi connectivity index (χ1n) is 11.8. The molecule has 1 aliphatic rings. The maximum absolute atomic E-state index is 5.75. The molecule has 0 radical (unpaired) electrons. The summed E-state index contributed by atoms with van der Waals surface area (Å²) >= 11 is 5.75. The molecule has 0 bridgehead atoms. The van der Waals surface area contributed by atoms with Crippen LogP contribution in [0.1, 0.15) is 35.7 Å². The summed E-state index contributed by atoms with van der Waals surface area (Å²) in [6.07, 6.45) is 6.11. The summed E-state index contributed by atoms with van der Waals surface area (Å²) in [4.78, 5) is 7.02. The molecular weight excluding hydrogens is 440 g/mol. The van der Waals surface area contributed by atoms with Crippen molar-refractivity contribution < 1.29 is 4.74 Å². The van der Waals surface area contributed by atoms with E-state index in [1.54, 1.807) is 7.11 Å². The molecule has 0 aliphatic carbocycles. The third-order valence-electron chi connectivity index (χ3n) is 6.72. The van der Waals surface area contributed by atoms with Gasteiger partial charge in [-0.2, -0.15) is 0 Å². The number of aromatic nitrogens is 2. The van der Waals surface area contributed by atoms with Crippen molar-refractivity contribution in [3.63, 3.8) is 0 Å². The summed E-state index contributed by atoms with van der Waals surface area (Å²) in [5, 5.41) is 6.87. The molecule has 5 rings (SSSR count). The van der Waals surface area contributed by atoms with Crippen LogP contribution in [0.3, 0.4) is 0 Å². The Labute approximate surface area is 206 Å². The van der Waals surface area contributed by atoms with E-state index in [1.807, 2.05) is 18.3 Å². The van der Waals surface area contributed by atoms with Crippen LogP contribution in [0.4, 0.5) is 0 Å². The lowest BCUT2D eigenvalue weighted by molar-refractivity contribution is 0.300. The summed E-state index contributed by atoms with van der Waals surface area (Å²) in [5.41, 5.74) is 2.52. The van der Waals surface area contributed by atoms with Crippen molar-refractivity contribution in [1.82, 2.24) is 19.8 Å². The van der Waals surface area contributed by atoms with E-state index in [9.17, 15) is 0 Å². The summed E-state index contributed by atoms with van der Waals surface area (Å²) in [6, 6.07) is 23.2. The Morgan fingerprint density at radius 2 is 1.79 bits per heavy atom. The van der Waals surface area contributed by atoms with Crippen LogP contribution in [0.2, 0.25) is 0 Å². The standard InChI is InChI=1S/C28H30N4OS/c1-33-25-11-9-21(10-12-25)20-32-18-15-29-27(32)23-13-16-31(17-14-23)28(34)30-19-24-7-4-6-22-5-2-3-8-26(22)24/h2-12,15,18,23H,13-14,16-17,19-20H2,1H3,(H,30,34). The molecule has 0 spiro atoms. The number of fused-ring (bicyclic) bond motifs is 1. The predicted molar refractivity (Wildman–Crippen MR) is 141 cm³/mol. The molecule has 1 N–H and O–H groups in total. The fourth-order valence-corrected chi connectivity index (χ4v) is 5.07. The highest BCUT2D eigenvalue weighted by atomic mass is 32.1. The van der Waals surface area contributed by atoms with Gasteiger partial charge in [0, 0.05) is 44.5 Å². The molecule has 3 aromatic carbocycles. The van der Waals surface area contributed by atoms with Crippen molar-refractivity contribution in [2.75, 3.05) is 20.2 Å². The Hall–Kier alpha value is -3.38. The number of rotatable bonds is 6. The van der Waals surface area contributed by atoms with Crippen LogP contribution in [0.25, 0.3) is 10.8 Å². The summed E-state index contributed by atoms with van der Waals surface area (Å²) in [5.74, 6) is 2.50. The third kappa shape index (κ3) is 4.92. The second-order valence-electron chi connectivity index (χ2n) is 8.82. The van der Waals surface area contributed by atoms with E-state index in [0.29, 0.717) is 5.92 Å². The maximum Gasteiger partial charge on any atom is 0.169 e. The average Bonchev–Trinajstić information content (AvgIpc) is 3.36. The number of thiocarbonyl (C=S) groups is 1. The number of hydrogen-bond acceptors (Lipinski definition) is 3. The second kappa shape index (κ2) is 10.3. The Morgan fingerprint density at radius 3 is 2.59 bits per heavy atom. The predicted octanol–water partition coefficient (Wildman–Crippen LogP) is 5.35. The molecule has 174 valence electrons. The van der Waals surface area contributed by atoms with E-state index in [0.717, 1.165) is 49.9 Å². The fourth-order valence-electron chi connectivity index (χ4n) is 4.81. The number of hydrogen-bond donors (Lipinski definition) is 1. The van der Waals surface area contributed by atoms with Crippen LogP contribution in [0.15, 0.2) is 79.1 Å². The smallest absolute Gasteiger partial charge is 0.169 e. The molecule has 1 aliphatic heterocycles. The summed E-state index contributed by atoms with van der Waals surface area (Å²) in [6.45, 7) is 3.46. The van der Waals surface area contributed by atoms with Crippen molar-refractivity contribution >= 4 is 28.1 Å². The minimum atomic E-state index is 0.449. The van der Waals surface area contributed by atoms with Gasteiger partial charge in [0.1, 0.15) is 11.6 Å². The first-order valence-corrected chi connectivity index (χ1v) is 12.3. The highest BCUT2D eigenvalue weighted by molar-refractivity contribution is 7.80. The molecule has 6 heteroatoms. The molecule has 1 saturated heterocycles. The maximum atomic E-state index is 5.75. The van der Waals surface area contributed by atoms with E-state index in [-0.39, 0.29) is 0 Å². The van der Waals surface area contributed by atoms with Gasteiger partial charge in [0.15, 0.2) is 5.11 Å². The molecule has 0 atom stereocenters. The Bertz CT molecular complexity index is 1250. The van der Waals surface area contributed by atoms with Gasteiger partial charge < -0.3 is 19.5 Å². The highest BCUT2D eigenvalue weighted by Gasteiger charge is 2.25. The number of piperidine rings is 1. The molecular formula is C28H30N4OS.